The first-order valence-electron chi connectivity index (χ1n) is 5.92. The molecule has 0 fully saturated rings. The zero-order chi connectivity index (χ0) is 13.2. The van der Waals surface area contributed by atoms with E-state index in [1.165, 1.54) is 5.56 Å². The summed E-state index contributed by atoms with van der Waals surface area (Å²) in [6.45, 7) is 10.6. The van der Waals surface area contributed by atoms with Crippen LogP contribution in [0.5, 0.6) is 0 Å². The van der Waals surface area contributed by atoms with Crippen molar-refractivity contribution in [2.45, 2.75) is 34.2 Å². The largest absolute Gasteiger partial charge is 0.308 e. The number of anilines is 1. The Morgan fingerprint density at radius 2 is 2.00 bits per heavy atom. The highest BCUT2D eigenvalue weighted by atomic mass is 15.4. The van der Waals surface area contributed by atoms with Crippen LogP contribution in [0.3, 0.4) is 0 Å². The molecule has 0 aliphatic carbocycles. The Labute approximate surface area is 104 Å². The van der Waals surface area contributed by atoms with E-state index in [0.717, 1.165) is 24.6 Å². The molecule has 0 spiro atoms. The third kappa shape index (κ3) is 3.71. The van der Waals surface area contributed by atoms with Gasteiger partial charge in [-0.2, -0.15) is 5.10 Å². The summed E-state index contributed by atoms with van der Waals surface area (Å²) in [6.07, 6.45) is 0. The predicted octanol–water partition coefficient (Wildman–Crippen LogP) is 1.49. The van der Waals surface area contributed by atoms with E-state index in [9.17, 15) is 0 Å². The average molecular weight is 239 g/mol. The maximum Gasteiger partial charge on any atom is 0.142 e. The molecule has 0 aliphatic rings. The molecule has 0 amide bonds. The molecular formula is C12H25N5. The van der Waals surface area contributed by atoms with Gasteiger partial charge in [-0.25, -0.2) is 5.84 Å². The summed E-state index contributed by atoms with van der Waals surface area (Å²) in [5.41, 5.74) is 5.22. The van der Waals surface area contributed by atoms with Crippen molar-refractivity contribution in [1.29, 1.82) is 0 Å². The summed E-state index contributed by atoms with van der Waals surface area (Å²) in [5, 5.41) is 4.38. The van der Waals surface area contributed by atoms with Gasteiger partial charge in [0.05, 0.1) is 5.69 Å². The van der Waals surface area contributed by atoms with Gasteiger partial charge in [0.25, 0.3) is 0 Å². The number of nitrogens with zero attached hydrogens (tertiary/aromatic N) is 3. The van der Waals surface area contributed by atoms with Crippen LogP contribution in [0.15, 0.2) is 0 Å². The molecule has 0 radical (unpaired) electrons. The van der Waals surface area contributed by atoms with Gasteiger partial charge in [0.1, 0.15) is 5.82 Å². The second kappa shape index (κ2) is 5.06. The molecule has 1 heterocycles. The minimum Gasteiger partial charge on any atom is -0.308 e. The van der Waals surface area contributed by atoms with Crippen LogP contribution in [0.2, 0.25) is 0 Å². The molecular weight excluding hydrogens is 214 g/mol. The van der Waals surface area contributed by atoms with E-state index in [1.54, 1.807) is 4.68 Å². The fourth-order valence-electron chi connectivity index (χ4n) is 2.21. The highest BCUT2D eigenvalue weighted by Crippen LogP contribution is 2.21. The van der Waals surface area contributed by atoms with Crippen LogP contribution >= 0.6 is 0 Å². The molecule has 5 heteroatoms. The molecule has 1 aromatic rings. The number of hydrogen-bond acceptors (Lipinski definition) is 4. The summed E-state index contributed by atoms with van der Waals surface area (Å²) in [6, 6.07) is 0. The standard InChI is InChI=1S/C12H25N5/c1-9-10(11(14-13)17(6)15-9)7-16(5)8-12(2,3)4/h14H,7-8,13H2,1-6H3. The number of hydrogen-bond donors (Lipinski definition) is 2. The van der Waals surface area contributed by atoms with Crippen molar-refractivity contribution in [2.75, 3.05) is 19.0 Å². The number of nitrogen functional groups attached to an aromatic ring is 1. The Balaban J connectivity index is 2.81. The lowest BCUT2D eigenvalue weighted by molar-refractivity contribution is 0.220. The Morgan fingerprint density at radius 3 is 2.47 bits per heavy atom. The van der Waals surface area contributed by atoms with Gasteiger partial charge >= 0.3 is 0 Å². The summed E-state index contributed by atoms with van der Waals surface area (Å²) in [4.78, 5) is 2.30. The Morgan fingerprint density at radius 1 is 1.41 bits per heavy atom. The van der Waals surface area contributed by atoms with Gasteiger partial charge in [-0.15, -0.1) is 0 Å². The summed E-state index contributed by atoms with van der Waals surface area (Å²) < 4.78 is 1.79. The van der Waals surface area contributed by atoms with Gasteiger partial charge in [0, 0.05) is 25.7 Å². The molecule has 98 valence electrons. The predicted molar refractivity (Wildman–Crippen MR) is 71.5 cm³/mol. The van der Waals surface area contributed by atoms with E-state index in [1.807, 2.05) is 14.0 Å². The molecule has 0 atom stereocenters. The van der Waals surface area contributed by atoms with Crippen molar-refractivity contribution in [2.24, 2.45) is 18.3 Å². The van der Waals surface area contributed by atoms with E-state index in [0.29, 0.717) is 5.41 Å². The molecule has 0 saturated carbocycles. The van der Waals surface area contributed by atoms with Crippen LogP contribution in [0.1, 0.15) is 32.0 Å². The fraction of sp³-hybridized carbons (Fsp3) is 0.750. The normalized spacial score (nSPS) is 12.2. The first-order valence-corrected chi connectivity index (χ1v) is 5.92. The number of aromatic nitrogens is 2. The molecule has 0 bridgehead atoms. The first-order chi connectivity index (χ1) is 7.74. The zero-order valence-corrected chi connectivity index (χ0v) is 11.8. The number of aryl methyl sites for hydroxylation is 2. The van der Waals surface area contributed by atoms with Crippen LogP contribution in [-0.2, 0) is 13.6 Å². The molecule has 1 rings (SSSR count). The summed E-state index contributed by atoms with van der Waals surface area (Å²) in [5.74, 6) is 6.43. The average Bonchev–Trinajstić information content (AvgIpc) is 2.38. The van der Waals surface area contributed by atoms with Crippen molar-refractivity contribution in [3.8, 4) is 0 Å². The van der Waals surface area contributed by atoms with Crippen molar-refractivity contribution in [3.63, 3.8) is 0 Å². The smallest absolute Gasteiger partial charge is 0.142 e. The minimum atomic E-state index is 0.293. The quantitative estimate of drug-likeness (QED) is 0.617. The van der Waals surface area contributed by atoms with Gasteiger partial charge in [-0.05, 0) is 19.4 Å². The van der Waals surface area contributed by atoms with Gasteiger partial charge in [0.15, 0.2) is 0 Å². The molecule has 0 aliphatic heterocycles. The van der Waals surface area contributed by atoms with E-state index in [4.69, 9.17) is 5.84 Å². The van der Waals surface area contributed by atoms with Crippen LogP contribution in [0.4, 0.5) is 5.82 Å². The number of rotatable bonds is 4. The lowest BCUT2D eigenvalue weighted by Crippen LogP contribution is -2.29. The van der Waals surface area contributed by atoms with Crippen molar-refractivity contribution in [3.05, 3.63) is 11.3 Å². The Hall–Kier alpha value is -1.07. The highest BCUT2D eigenvalue weighted by Gasteiger charge is 2.18. The summed E-state index contributed by atoms with van der Waals surface area (Å²) in [7, 11) is 4.02. The summed E-state index contributed by atoms with van der Waals surface area (Å²) >= 11 is 0. The minimum absolute atomic E-state index is 0.293. The van der Waals surface area contributed by atoms with Gasteiger partial charge in [-0.1, -0.05) is 20.8 Å². The second-order valence-corrected chi connectivity index (χ2v) is 5.91. The van der Waals surface area contributed by atoms with Crippen LogP contribution in [0, 0.1) is 12.3 Å². The third-order valence-electron chi connectivity index (χ3n) is 2.66. The SMILES string of the molecule is Cc1nn(C)c(NN)c1CN(C)CC(C)(C)C. The number of nitrogens with one attached hydrogen (secondary N) is 1. The second-order valence-electron chi connectivity index (χ2n) is 5.91. The maximum atomic E-state index is 5.54. The van der Waals surface area contributed by atoms with Crippen molar-refractivity contribution >= 4 is 5.82 Å². The van der Waals surface area contributed by atoms with Crippen LogP contribution in [-0.4, -0.2) is 28.3 Å². The van der Waals surface area contributed by atoms with Crippen LogP contribution in [0.25, 0.3) is 0 Å². The fourth-order valence-corrected chi connectivity index (χ4v) is 2.21. The lowest BCUT2D eigenvalue weighted by atomic mass is 9.96. The zero-order valence-electron chi connectivity index (χ0n) is 11.8. The van der Waals surface area contributed by atoms with E-state index in [-0.39, 0.29) is 0 Å². The maximum absolute atomic E-state index is 5.54. The molecule has 1 aromatic heterocycles. The van der Waals surface area contributed by atoms with Gasteiger partial charge < -0.3 is 10.3 Å². The molecule has 0 aromatic carbocycles. The Bertz CT molecular complexity index is 375. The lowest BCUT2D eigenvalue weighted by Gasteiger charge is -2.26. The molecule has 0 saturated heterocycles. The monoisotopic (exact) mass is 239 g/mol. The van der Waals surface area contributed by atoms with Crippen molar-refractivity contribution in [1.82, 2.24) is 14.7 Å². The number of hydrazine groups is 1. The van der Waals surface area contributed by atoms with Crippen molar-refractivity contribution < 1.29 is 0 Å². The molecule has 5 nitrogen and oxygen atoms in total. The van der Waals surface area contributed by atoms with E-state index < -0.39 is 0 Å². The number of nitrogens with two attached hydrogens (primary N) is 1. The first kappa shape index (κ1) is 14.0. The van der Waals surface area contributed by atoms with Gasteiger partial charge in [-0.3, -0.25) is 4.68 Å². The third-order valence-corrected chi connectivity index (χ3v) is 2.66. The Kier molecular flexibility index (Phi) is 4.16. The van der Waals surface area contributed by atoms with Gasteiger partial charge in [0.2, 0.25) is 0 Å². The topological polar surface area (TPSA) is 59.1 Å². The highest BCUT2D eigenvalue weighted by molar-refractivity contribution is 5.46. The molecule has 0 unspecified atom stereocenters. The molecule has 17 heavy (non-hydrogen) atoms. The molecule has 3 N–H and O–H groups in total. The van der Waals surface area contributed by atoms with E-state index >= 15 is 0 Å². The van der Waals surface area contributed by atoms with Crippen LogP contribution < -0.4 is 11.3 Å². The van der Waals surface area contributed by atoms with E-state index in [2.05, 4.69) is 43.2 Å².